The van der Waals surface area contributed by atoms with Crippen LogP contribution in [0, 0.1) is 10.1 Å². The summed E-state index contributed by atoms with van der Waals surface area (Å²) < 4.78 is 0. The highest BCUT2D eigenvalue weighted by Gasteiger charge is 2.16. The number of benzene rings is 1. The van der Waals surface area contributed by atoms with Crippen molar-refractivity contribution in [1.29, 1.82) is 0 Å². The third-order valence-electron chi connectivity index (χ3n) is 3.28. The van der Waals surface area contributed by atoms with Crippen LogP contribution in [-0.2, 0) is 0 Å². The molecule has 1 aliphatic heterocycles. The molecule has 1 atom stereocenters. The zero-order chi connectivity index (χ0) is 14.5. The lowest BCUT2D eigenvalue weighted by Crippen LogP contribution is -2.43. The highest BCUT2D eigenvalue weighted by molar-refractivity contribution is 6.31. The zero-order valence-electron chi connectivity index (χ0n) is 10.9. The second-order valence-corrected chi connectivity index (χ2v) is 5.25. The summed E-state index contributed by atoms with van der Waals surface area (Å²) in [7, 11) is 0. The smallest absolute Gasteiger partial charge is 0.271 e. The van der Waals surface area contributed by atoms with Crippen LogP contribution in [0.25, 0.3) is 0 Å². The number of hydrogen-bond donors (Lipinski definition) is 2. The first-order chi connectivity index (χ1) is 9.56. The number of nitrogens with one attached hydrogen (secondary N) is 2. The van der Waals surface area contributed by atoms with Crippen molar-refractivity contribution in [2.75, 3.05) is 13.1 Å². The van der Waals surface area contributed by atoms with Gasteiger partial charge in [-0.2, -0.15) is 0 Å². The van der Waals surface area contributed by atoms with Crippen LogP contribution in [0.4, 0.5) is 5.69 Å². The molecule has 7 heteroatoms. The van der Waals surface area contributed by atoms with E-state index in [1.54, 1.807) is 0 Å². The minimum absolute atomic E-state index is 0.181. The maximum atomic E-state index is 12.0. The number of carbonyl (C=O) groups excluding carboxylic acids is 1. The Bertz CT molecular complexity index is 516. The van der Waals surface area contributed by atoms with E-state index in [4.69, 9.17) is 11.6 Å². The van der Waals surface area contributed by atoms with E-state index >= 15 is 0 Å². The molecule has 1 unspecified atom stereocenters. The summed E-state index contributed by atoms with van der Waals surface area (Å²) in [5, 5.41) is 17.0. The number of nitro groups is 1. The van der Waals surface area contributed by atoms with Gasteiger partial charge in [-0.15, -0.1) is 0 Å². The standard InChI is InChI=1S/C13H16ClN3O3/c14-10-5-9(6-12(7-10)17(19)20)13(18)16-8-11-3-1-2-4-15-11/h5-7,11,15H,1-4,8H2,(H,16,18). The molecule has 0 aliphatic carbocycles. The average Bonchev–Trinajstić information content (AvgIpc) is 2.45. The minimum Gasteiger partial charge on any atom is -0.350 e. The molecule has 0 radical (unpaired) electrons. The zero-order valence-corrected chi connectivity index (χ0v) is 11.7. The van der Waals surface area contributed by atoms with Gasteiger partial charge in [0, 0.05) is 35.3 Å². The van der Waals surface area contributed by atoms with E-state index in [1.165, 1.54) is 18.2 Å². The number of amides is 1. The number of nitrogens with zero attached hydrogens (tertiary/aromatic N) is 1. The predicted octanol–water partition coefficient (Wildman–Crippen LogP) is 2.12. The SMILES string of the molecule is O=C(NCC1CCCCN1)c1cc(Cl)cc([N+](=O)[O-])c1. The van der Waals surface area contributed by atoms with E-state index in [-0.39, 0.29) is 28.2 Å². The molecule has 2 N–H and O–H groups in total. The molecule has 1 aliphatic rings. The van der Waals surface area contributed by atoms with Crippen LogP contribution in [0.15, 0.2) is 18.2 Å². The molecule has 1 heterocycles. The maximum absolute atomic E-state index is 12.0. The number of hydrogen-bond acceptors (Lipinski definition) is 4. The molecular weight excluding hydrogens is 282 g/mol. The fourth-order valence-corrected chi connectivity index (χ4v) is 2.46. The Morgan fingerprint density at radius 3 is 2.90 bits per heavy atom. The normalized spacial score (nSPS) is 18.6. The van der Waals surface area contributed by atoms with E-state index in [2.05, 4.69) is 10.6 Å². The van der Waals surface area contributed by atoms with Crippen LogP contribution in [0.2, 0.25) is 5.02 Å². The quantitative estimate of drug-likeness (QED) is 0.658. The Hall–Kier alpha value is -1.66. The fourth-order valence-electron chi connectivity index (χ4n) is 2.23. The summed E-state index contributed by atoms with van der Waals surface area (Å²) in [5.74, 6) is -0.344. The highest BCUT2D eigenvalue weighted by Crippen LogP contribution is 2.20. The average molecular weight is 298 g/mol. The first-order valence-corrected chi connectivity index (χ1v) is 6.90. The van der Waals surface area contributed by atoms with Gasteiger partial charge in [-0.1, -0.05) is 18.0 Å². The molecule has 1 aromatic rings. The maximum Gasteiger partial charge on any atom is 0.271 e. The van der Waals surface area contributed by atoms with Crippen LogP contribution < -0.4 is 10.6 Å². The lowest BCUT2D eigenvalue weighted by Gasteiger charge is -2.23. The number of nitro benzene ring substituents is 1. The topological polar surface area (TPSA) is 84.3 Å². The van der Waals surface area contributed by atoms with Gasteiger partial charge < -0.3 is 10.6 Å². The molecule has 0 spiro atoms. The molecule has 0 bridgehead atoms. The van der Waals surface area contributed by atoms with Crippen molar-refractivity contribution in [3.8, 4) is 0 Å². The summed E-state index contributed by atoms with van der Waals surface area (Å²) in [5.41, 5.74) is 0.0263. The molecule has 2 rings (SSSR count). The van der Waals surface area contributed by atoms with Crippen LogP contribution in [-0.4, -0.2) is 30.0 Å². The number of piperidine rings is 1. The van der Waals surface area contributed by atoms with Crippen LogP contribution in [0.5, 0.6) is 0 Å². The molecule has 1 fully saturated rings. The monoisotopic (exact) mass is 297 g/mol. The Labute approximate surface area is 121 Å². The Balaban J connectivity index is 1.99. The van der Waals surface area contributed by atoms with Crippen molar-refractivity contribution in [3.63, 3.8) is 0 Å². The van der Waals surface area contributed by atoms with Gasteiger partial charge in [0.05, 0.1) is 4.92 Å². The van der Waals surface area contributed by atoms with Crippen molar-refractivity contribution in [3.05, 3.63) is 38.9 Å². The van der Waals surface area contributed by atoms with Gasteiger partial charge in [0.15, 0.2) is 0 Å². The molecule has 1 aromatic carbocycles. The first kappa shape index (κ1) is 14.7. The van der Waals surface area contributed by atoms with E-state index < -0.39 is 4.92 Å². The van der Waals surface area contributed by atoms with Gasteiger partial charge in [0.2, 0.25) is 0 Å². The van der Waals surface area contributed by atoms with Crippen molar-refractivity contribution in [2.45, 2.75) is 25.3 Å². The van der Waals surface area contributed by atoms with E-state index in [0.29, 0.717) is 6.54 Å². The van der Waals surface area contributed by atoms with Gasteiger partial charge in [-0.05, 0) is 25.5 Å². The third kappa shape index (κ3) is 3.91. The van der Waals surface area contributed by atoms with Crippen LogP contribution in [0.1, 0.15) is 29.6 Å². The van der Waals surface area contributed by atoms with Gasteiger partial charge in [0.25, 0.3) is 11.6 Å². The minimum atomic E-state index is -0.564. The molecule has 1 saturated heterocycles. The van der Waals surface area contributed by atoms with Gasteiger partial charge in [-0.3, -0.25) is 14.9 Å². The van der Waals surface area contributed by atoms with Crippen molar-refractivity contribution in [1.82, 2.24) is 10.6 Å². The second kappa shape index (κ2) is 6.67. The Morgan fingerprint density at radius 1 is 1.45 bits per heavy atom. The lowest BCUT2D eigenvalue weighted by atomic mass is 10.0. The first-order valence-electron chi connectivity index (χ1n) is 6.53. The number of non-ortho nitro benzene ring substituents is 1. The molecule has 0 aromatic heterocycles. The lowest BCUT2D eigenvalue weighted by molar-refractivity contribution is -0.384. The number of halogens is 1. The van der Waals surface area contributed by atoms with Crippen LogP contribution >= 0.6 is 11.6 Å². The largest absolute Gasteiger partial charge is 0.350 e. The number of carbonyl (C=O) groups is 1. The summed E-state index contributed by atoms with van der Waals surface area (Å²) >= 11 is 5.79. The van der Waals surface area contributed by atoms with Gasteiger partial charge >= 0.3 is 0 Å². The van der Waals surface area contributed by atoms with Gasteiger partial charge in [-0.25, -0.2) is 0 Å². The Morgan fingerprint density at radius 2 is 2.25 bits per heavy atom. The molecule has 20 heavy (non-hydrogen) atoms. The molecule has 108 valence electrons. The third-order valence-corrected chi connectivity index (χ3v) is 3.50. The fraction of sp³-hybridized carbons (Fsp3) is 0.462. The summed E-state index contributed by atoms with van der Waals surface area (Å²) in [6.45, 7) is 1.47. The van der Waals surface area contributed by atoms with Gasteiger partial charge in [0.1, 0.15) is 0 Å². The van der Waals surface area contributed by atoms with E-state index in [1.807, 2.05) is 0 Å². The molecular formula is C13H16ClN3O3. The number of rotatable bonds is 4. The van der Waals surface area contributed by atoms with Crippen molar-refractivity contribution < 1.29 is 9.72 Å². The second-order valence-electron chi connectivity index (χ2n) is 4.81. The molecule has 6 nitrogen and oxygen atoms in total. The van der Waals surface area contributed by atoms with Crippen molar-refractivity contribution >= 4 is 23.2 Å². The summed E-state index contributed by atoms with van der Waals surface area (Å²) in [6.07, 6.45) is 3.33. The molecule has 0 saturated carbocycles. The highest BCUT2D eigenvalue weighted by atomic mass is 35.5. The van der Waals surface area contributed by atoms with Crippen molar-refractivity contribution in [2.24, 2.45) is 0 Å². The Kier molecular flexibility index (Phi) is 4.92. The van der Waals surface area contributed by atoms with E-state index in [0.717, 1.165) is 25.8 Å². The summed E-state index contributed by atoms with van der Waals surface area (Å²) in [4.78, 5) is 22.2. The predicted molar refractivity (Wildman–Crippen MR) is 76.1 cm³/mol. The molecule has 1 amide bonds. The van der Waals surface area contributed by atoms with E-state index in [9.17, 15) is 14.9 Å². The summed E-state index contributed by atoms with van der Waals surface area (Å²) in [6, 6.07) is 4.15. The van der Waals surface area contributed by atoms with Crippen LogP contribution in [0.3, 0.4) is 0 Å².